The number of carbonyl (C=O) groups is 1. The Kier molecular flexibility index (Phi) is 6.30. The summed E-state index contributed by atoms with van der Waals surface area (Å²) >= 11 is 0. The lowest BCUT2D eigenvalue weighted by Crippen LogP contribution is -2.23. The second-order valence-electron chi connectivity index (χ2n) is 7.49. The van der Waals surface area contributed by atoms with Crippen LogP contribution in [0.5, 0.6) is 5.75 Å². The van der Waals surface area contributed by atoms with Crippen molar-refractivity contribution in [3.63, 3.8) is 0 Å². The predicted octanol–water partition coefficient (Wildman–Crippen LogP) is 3.80. The number of hydrogen-bond acceptors (Lipinski definition) is 6. The molecule has 3 heterocycles. The molecule has 0 bridgehead atoms. The van der Waals surface area contributed by atoms with Gasteiger partial charge in [-0.05, 0) is 55.8 Å². The molecule has 0 aliphatic heterocycles. The van der Waals surface area contributed by atoms with Crippen molar-refractivity contribution in [2.75, 3.05) is 7.11 Å². The minimum Gasteiger partial charge on any atom is -0.497 e. The van der Waals surface area contributed by atoms with Gasteiger partial charge in [0.25, 0.3) is 0 Å². The summed E-state index contributed by atoms with van der Waals surface area (Å²) in [4.78, 5) is 21.0. The fraction of sp³-hybridized carbons (Fsp3) is 0.250. The standard InChI is InChI=1S/C24H25N5O3/c1-16-12-17(2)29(28-16)22-9-4-18(13-25-22)14-26-23(30)10-11-24-27-15-21(32-24)19-5-7-20(31-3)8-6-19/h4-9,12-13,15H,10-11,14H2,1-3H3,(H,26,30). The smallest absolute Gasteiger partial charge is 0.220 e. The maximum absolute atomic E-state index is 12.2. The van der Waals surface area contributed by atoms with Gasteiger partial charge in [-0.2, -0.15) is 5.10 Å². The van der Waals surface area contributed by atoms with Crippen molar-refractivity contribution in [3.8, 4) is 22.9 Å². The molecule has 0 aliphatic rings. The number of pyridine rings is 1. The van der Waals surface area contributed by atoms with E-state index in [0.717, 1.165) is 34.1 Å². The zero-order chi connectivity index (χ0) is 22.5. The van der Waals surface area contributed by atoms with Crippen LogP contribution in [-0.4, -0.2) is 32.8 Å². The van der Waals surface area contributed by atoms with Crippen LogP contribution in [0.2, 0.25) is 0 Å². The van der Waals surface area contributed by atoms with E-state index in [1.54, 1.807) is 24.2 Å². The van der Waals surface area contributed by atoms with Crippen molar-refractivity contribution in [2.24, 2.45) is 0 Å². The van der Waals surface area contributed by atoms with Crippen LogP contribution in [-0.2, 0) is 17.8 Å². The molecule has 0 saturated heterocycles. The van der Waals surface area contributed by atoms with Gasteiger partial charge in [0.1, 0.15) is 5.75 Å². The monoisotopic (exact) mass is 431 g/mol. The van der Waals surface area contributed by atoms with Gasteiger partial charge in [-0.15, -0.1) is 0 Å². The van der Waals surface area contributed by atoms with E-state index in [4.69, 9.17) is 9.15 Å². The summed E-state index contributed by atoms with van der Waals surface area (Å²) in [5, 5.41) is 7.34. The van der Waals surface area contributed by atoms with Crippen LogP contribution in [0.15, 0.2) is 59.3 Å². The fourth-order valence-electron chi connectivity index (χ4n) is 3.33. The Bertz CT molecular complexity index is 1190. The second-order valence-corrected chi connectivity index (χ2v) is 7.49. The number of aryl methyl sites for hydroxylation is 3. The Morgan fingerprint density at radius 1 is 1.09 bits per heavy atom. The van der Waals surface area contributed by atoms with Crippen LogP contribution in [0.25, 0.3) is 17.1 Å². The first-order chi connectivity index (χ1) is 15.5. The molecule has 4 aromatic rings. The van der Waals surface area contributed by atoms with E-state index in [2.05, 4.69) is 20.4 Å². The Balaban J connectivity index is 1.26. The third-order valence-electron chi connectivity index (χ3n) is 5.02. The predicted molar refractivity (Wildman–Crippen MR) is 119 cm³/mol. The van der Waals surface area contributed by atoms with Crippen molar-refractivity contribution in [1.82, 2.24) is 25.1 Å². The van der Waals surface area contributed by atoms with E-state index in [0.29, 0.717) is 31.0 Å². The summed E-state index contributed by atoms with van der Waals surface area (Å²) in [6.45, 7) is 4.35. The number of rotatable bonds is 8. The van der Waals surface area contributed by atoms with Crippen molar-refractivity contribution in [2.45, 2.75) is 33.2 Å². The van der Waals surface area contributed by atoms with Crippen LogP contribution in [0.4, 0.5) is 0 Å². The molecule has 164 valence electrons. The Morgan fingerprint density at radius 2 is 1.91 bits per heavy atom. The molecule has 0 unspecified atom stereocenters. The number of nitrogens with zero attached hydrogens (tertiary/aromatic N) is 4. The summed E-state index contributed by atoms with van der Waals surface area (Å²) in [6, 6.07) is 13.4. The van der Waals surface area contributed by atoms with E-state index in [1.165, 1.54) is 0 Å². The van der Waals surface area contributed by atoms with Gasteiger partial charge >= 0.3 is 0 Å². The highest BCUT2D eigenvalue weighted by Gasteiger charge is 2.10. The van der Waals surface area contributed by atoms with Crippen LogP contribution in [0, 0.1) is 13.8 Å². The van der Waals surface area contributed by atoms with E-state index < -0.39 is 0 Å². The number of carbonyl (C=O) groups excluding carboxylic acids is 1. The van der Waals surface area contributed by atoms with Gasteiger partial charge in [0.05, 0.1) is 19.0 Å². The normalized spacial score (nSPS) is 10.8. The van der Waals surface area contributed by atoms with E-state index in [1.807, 2.05) is 56.3 Å². The van der Waals surface area contributed by atoms with Crippen molar-refractivity contribution >= 4 is 5.91 Å². The van der Waals surface area contributed by atoms with E-state index >= 15 is 0 Å². The number of aromatic nitrogens is 4. The summed E-state index contributed by atoms with van der Waals surface area (Å²) in [5.41, 5.74) is 3.80. The minimum absolute atomic E-state index is 0.0724. The number of benzene rings is 1. The van der Waals surface area contributed by atoms with Crippen molar-refractivity contribution in [3.05, 3.63) is 77.7 Å². The van der Waals surface area contributed by atoms with Gasteiger partial charge in [-0.1, -0.05) is 6.07 Å². The molecule has 0 atom stereocenters. The highest BCUT2D eigenvalue weighted by molar-refractivity contribution is 5.76. The third-order valence-corrected chi connectivity index (χ3v) is 5.02. The lowest BCUT2D eigenvalue weighted by Gasteiger charge is -2.07. The van der Waals surface area contributed by atoms with Crippen LogP contribution in [0.1, 0.15) is 29.3 Å². The first-order valence-electron chi connectivity index (χ1n) is 10.4. The Hall–Kier alpha value is -3.94. The molecule has 0 saturated carbocycles. The van der Waals surface area contributed by atoms with E-state index in [9.17, 15) is 4.79 Å². The van der Waals surface area contributed by atoms with Crippen molar-refractivity contribution in [1.29, 1.82) is 0 Å². The van der Waals surface area contributed by atoms with E-state index in [-0.39, 0.29) is 5.91 Å². The molecule has 0 radical (unpaired) electrons. The zero-order valence-electron chi connectivity index (χ0n) is 18.3. The minimum atomic E-state index is -0.0724. The highest BCUT2D eigenvalue weighted by Crippen LogP contribution is 2.23. The first-order valence-corrected chi connectivity index (χ1v) is 10.4. The molecule has 3 aromatic heterocycles. The summed E-state index contributed by atoms with van der Waals surface area (Å²) in [7, 11) is 1.63. The number of amides is 1. The number of oxazole rings is 1. The van der Waals surface area contributed by atoms with Gasteiger partial charge < -0.3 is 14.5 Å². The zero-order valence-corrected chi connectivity index (χ0v) is 18.3. The number of nitrogens with one attached hydrogen (secondary N) is 1. The first kappa shape index (κ1) is 21.3. The number of hydrogen-bond donors (Lipinski definition) is 1. The maximum Gasteiger partial charge on any atom is 0.220 e. The Morgan fingerprint density at radius 3 is 2.56 bits per heavy atom. The SMILES string of the molecule is COc1ccc(-c2cnc(CCC(=O)NCc3ccc(-n4nc(C)cc4C)nc3)o2)cc1. The molecule has 1 aromatic carbocycles. The van der Waals surface area contributed by atoms with Gasteiger partial charge in [-0.3, -0.25) is 4.79 Å². The highest BCUT2D eigenvalue weighted by atomic mass is 16.5. The molecule has 8 nitrogen and oxygen atoms in total. The number of methoxy groups -OCH3 is 1. The molecule has 0 fully saturated rings. The van der Waals surface area contributed by atoms with Gasteiger partial charge in [-0.25, -0.2) is 14.6 Å². The lowest BCUT2D eigenvalue weighted by atomic mass is 10.2. The summed E-state index contributed by atoms with van der Waals surface area (Å²) in [6.07, 6.45) is 4.14. The van der Waals surface area contributed by atoms with Gasteiger partial charge in [0.15, 0.2) is 17.5 Å². The fourth-order valence-corrected chi connectivity index (χ4v) is 3.33. The topological polar surface area (TPSA) is 95.1 Å². The third kappa shape index (κ3) is 5.03. The molecule has 0 aliphatic carbocycles. The average molecular weight is 431 g/mol. The average Bonchev–Trinajstić information content (AvgIpc) is 3.42. The van der Waals surface area contributed by atoms with Crippen LogP contribution < -0.4 is 10.1 Å². The summed E-state index contributed by atoms with van der Waals surface area (Å²) in [5.74, 6) is 2.65. The molecule has 8 heteroatoms. The van der Waals surface area contributed by atoms with Gasteiger partial charge in [0, 0.05) is 36.8 Å². The molecule has 4 rings (SSSR count). The lowest BCUT2D eigenvalue weighted by molar-refractivity contribution is -0.121. The Labute approximate surface area is 186 Å². The molecule has 32 heavy (non-hydrogen) atoms. The maximum atomic E-state index is 12.2. The second kappa shape index (κ2) is 9.47. The van der Waals surface area contributed by atoms with Crippen molar-refractivity contribution < 1.29 is 13.9 Å². The number of ether oxygens (including phenoxy) is 1. The molecular weight excluding hydrogens is 406 g/mol. The quantitative estimate of drug-likeness (QED) is 0.456. The van der Waals surface area contributed by atoms with Gasteiger partial charge in [0.2, 0.25) is 5.91 Å². The molecule has 1 amide bonds. The molecule has 1 N–H and O–H groups in total. The van der Waals surface area contributed by atoms with Crippen LogP contribution in [0.3, 0.4) is 0 Å². The largest absolute Gasteiger partial charge is 0.497 e. The van der Waals surface area contributed by atoms with Crippen LogP contribution >= 0.6 is 0 Å². The molecule has 0 spiro atoms. The summed E-state index contributed by atoms with van der Waals surface area (Å²) < 4.78 is 12.7. The molecular formula is C24H25N5O3.